The summed E-state index contributed by atoms with van der Waals surface area (Å²) in [6, 6.07) is 29.5. The molecule has 1 aliphatic heterocycles. The second kappa shape index (κ2) is 16.8. The van der Waals surface area contributed by atoms with Crippen LogP contribution in [-0.4, -0.2) is 30.7 Å². The van der Waals surface area contributed by atoms with Crippen LogP contribution in [0.5, 0.6) is 0 Å². The third-order valence-corrected chi connectivity index (χ3v) is 10.6. The van der Waals surface area contributed by atoms with E-state index in [1.54, 1.807) is 17.4 Å². The molecule has 0 radical (unpaired) electrons. The van der Waals surface area contributed by atoms with Crippen molar-refractivity contribution in [3.05, 3.63) is 146 Å². The van der Waals surface area contributed by atoms with Crippen molar-refractivity contribution in [1.82, 2.24) is 4.57 Å². The summed E-state index contributed by atoms with van der Waals surface area (Å²) in [5.41, 5.74) is 7.00. The van der Waals surface area contributed by atoms with Crippen LogP contribution < -0.4 is 24.2 Å². The summed E-state index contributed by atoms with van der Waals surface area (Å²) < 4.78 is 37.8. The molecule has 11 heteroatoms. The van der Waals surface area contributed by atoms with Crippen LogP contribution in [0.25, 0.3) is 39.4 Å². The summed E-state index contributed by atoms with van der Waals surface area (Å²) in [5.74, 6) is 0. The van der Waals surface area contributed by atoms with Crippen LogP contribution >= 0.6 is 22.7 Å². The standard InChI is InChI=1S/C37H34N3OS2.C2H6O4S/c1-4-24-40-34(42-32(37(40)41)22-21-27-23-25-38(5-2)31-20-14-13-19-30(27)31)26-33-39(6-3)35(28-15-9-7-10-16-28)36(43-33)29-17-11-8-12-18-29;1-2-6-7(3,4)5/h4,7-23,25-26H,1,5-6,24H2,2-3H3;2H2,1H3,(H,3,4,5)/q+1;/p-1/b27-21-,32-22+;. The molecule has 50 heavy (non-hydrogen) atoms. The molecular formula is C39H39N3O5S3. The lowest BCUT2D eigenvalue weighted by Crippen LogP contribution is -2.37. The van der Waals surface area contributed by atoms with Crippen LogP contribution in [0.15, 0.2) is 121 Å². The van der Waals surface area contributed by atoms with E-state index in [1.165, 1.54) is 51.2 Å². The first-order valence-corrected chi connectivity index (χ1v) is 19.2. The van der Waals surface area contributed by atoms with Gasteiger partial charge in [0, 0.05) is 36.1 Å². The predicted octanol–water partition coefficient (Wildman–Crippen LogP) is 6.33. The molecule has 0 unspecified atom stereocenters. The van der Waals surface area contributed by atoms with Crippen LogP contribution in [0.2, 0.25) is 0 Å². The van der Waals surface area contributed by atoms with E-state index in [1.807, 2.05) is 10.6 Å². The summed E-state index contributed by atoms with van der Waals surface area (Å²) in [7, 11) is -4.42. The molecule has 5 aromatic rings. The Balaban J connectivity index is 0.000000630. The van der Waals surface area contributed by atoms with Gasteiger partial charge >= 0.3 is 0 Å². The maximum Gasteiger partial charge on any atom is 0.269 e. The molecule has 0 spiro atoms. The first-order valence-electron chi connectivity index (χ1n) is 16.2. The second-order valence-corrected chi connectivity index (χ2v) is 14.1. The molecule has 258 valence electrons. The van der Waals surface area contributed by atoms with Crippen molar-refractivity contribution in [2.45, 2.75) is 33.9 Å². The SMILES string of the molecule is C=CCn1c(=O)/c(=C\C=C2\C=CN(CC)c3ccccc32)s/c1=C/c1sc(-c2ccccc2)c(-c2ccccc2)[n+]1CC.CCOS(=O)(=O)[O-]. The number of hydrogen-bond donors (Lipinski definition) is 0. The minimum absolute atomic E-state index is 0.00225. The molecule has 0 aliphatic carbocycles. The Labute approximate surface area is 301 Å². The average molecular weight is 726 g/mol. The number of hydrogen-bond acceptors (Lipinski definition) is 8. The molecule has 3 heterocycles. The van der Waals surface area contributed by atoms with E-state index in [0.717, 1.165) is 28.3 Å². The van der Waals surface area contributed by atoms with E-state index in [2.05, 4.69) is 143 Å². The number of fused-ring (bicyclic) bond motifs is 1. The highest BCUT2D eigenvalue weighted by atomic mass is 32.3. The lowest BCUT2D eigenvalue weighted by Gasteiger charge is -2.26. The van der Waals surface area contributed by atoms with E-state index < -0.39 is 10.4 Å². The average Bonchev–Trinajstić information content (AvgIpc) is 3.64. The Morgan fingerprint density at radius 3 is 2.16 bits per heavy atom. The highest BCUT2D eigenvalue weighted by molar-refractivity contribution is 7.80. The lowest BCUT2D eigenvalue weighted by atomic mass is 9.99. The van der Waals surface area contributed by atoms with Crippen molar-refractivity contribution in [3.63, 3.8) is 0 Å². The fourth-order valence-electron chi connectivity index (χ4n) is 5.63. The van der Waals surface area contributed by atoms with Gasteiger partial charge in [-0.05, 0) is 62.3 Å². The molecule has 0 saturated heterocycles. The number of allylic oxidation sites excluding steroid dienone is 4. The number of anilines is 1. The normalized spacial score (nSPS) is 14.1. The molecule has 0 saturated carbocycles. The summed E-state index contributed by atoms with van der Waals surface area (Å²) in [5, 5.41) is 1.10. The Bertz CT molecular complexity index is 2300. The number of rotatable bonds is 10. The molecule has 1 aliphatic rings. The van der Waals surface area contributed by atoms with Crippen LogP contribution in [-0.2, 0) is 27.7 Å². The number of thiazole rings is 2. The van der Waals surface area contributed by atoms with Gasteiger partial charge in [-0.15, -0.1) is 17.9 Å². The topological polar surface area (TPSA) is 95.6 Å². The summed E-state index contributed by atoms with van der Waals surface area (Å²) in [6.45, 7) is 11.8. The van der Waals surface area contributed by atoms with Crippen molar-refractivity contribution in [1.29, 1.82) is 0 Å². The van der Waals surface area contributed by atoms with Gasteiger partial charge in [0.05, 0.1) is 17.2 Å². The molecule has 0 bridgehead atoms. The third kappa shape index (κ3) is 8.55. The minimum Gasteiger partial charge on any atom is -0.726 e. The van der Waals surface area contributed by atoms with E-state index >= 15 is 0 Å². The highest BCUT2D eigenvalue weighted by Crippen LogP contribution is 2.36. The summed E-state index contributed by atoms with van der Waals surface area (Å²) in [6.07, 6.45) is 12.2. The number of para-hydroxylation sites is 1. The van der Waals surface area contributed by atoms with Gasteiger partial charge in [0.1, 0.15) is 16.1 Å². The van der Waals surface area contributed by atoms with E-state index in [4.69, 9.17) is 0 Å². The Morgan fingerprint density at radius 2 is 1.56 bits per heavy atom. The molecule has 0 fully saturated rings. The Morgan fingerprint density at radius 1 is 0.900 bits per heavy atom. The lowest BCUT2D eigenvalue weighted by molar-refractivity contribution is -0.679. The van der Waals surface area contributed by atoms with Crippen LogP contribution in [0.1, 0.15) is 31.3 Å². The monoisotopic (exact) mass is 725 g/mol. The molecule has 0 N–H and O–H groups in total. The first-order chi connectivity index (χ1) is 24.2. The number of benzene rings is 3. The second-order valence-electron chi connectivity index (χ2n) is 11.0. The highest BCUT2D eigenvalue weighted by Gasteiger charge is 2.27. The maximum atomic E-state index is 13.7. The van der Waals surface area contributed by atoms with Gasteiger partial charge < -0.3 is 9.45 Å². The number of aromatic nitrogens is 2. The molecule has 0 amide bonds. The fourth-order valence-corrected chi connectivity index (χ4v) is 8.28. The predicted molar refractivity (Wildman–Crippen MR) is 205 cm³/mol. The smallest absolute Gasteiger partial charge is 0.269 e. The molecular weight excluding hydrogens is 687 g/mol. The zero-order valence-electron chi connectivity index (χ0n) is 28.2. The van der Waals surface area contributed by atoms with E-state index in [0.29, 0.717) is 11.1 Å². The van der Waals surface area contributed by atoms with E-state index in [9.17, 15) is 17.8 Å². The van der Waals surface area contributed by atoms with Crippen molar-refractivity contribution in [3.8, 4) is 21.7 Å². The van der Waals surface area contributed by atoms with Gasteiger partial charge in [0.25, 0.3) is 10.6 Å². The van der Waals surface area contributed by atoms with Gasteiger partial charge in [-0.25, -0.2) is 8.42 Å². The van der Waals surface area contributed by atoms with Crippen molar-refractivity contribution >= 4 is 56.5 Å². The largest absolute Gasteiger partial charge is 0.726 e. The van der Waals surface area contributed by atoms with Gasteiger partial charge in [-0.1, -0.05) is 90.2 Å². The number of nitrogens with zero attached hydrogens (tertiary/aromatic N) is 3. The van der Waals surface area contributed by atoms with Crippen LogP contribution in [0.3, 0.4) is 0 Å². The van der Waals surface area contributed by atoms with Crippen molar-refractivity contribution in [2.75, 3.05) is 18.1 Å². The molecule has 0 atom stereocenters. The van der Waals surface area contributed by atoms with Crippen molar-refractivity contribution < 1.29 is 21.7 Å². The zero-order valence-corrected chi connectivity index (χ0v) is 30.6. The van der Waals surface area contributed by atoms with Crippen molar-refractivity contribution in [2.24, 2.45) is 0 Å². The van der Waals surface area contributed by atoms with Crippen LogP contribution in [0, 0.1) is 0 Å². The minimum atomic E-state index is -4.42. The van der Waals surface area contributed by atoms with Gasteiger partial charge in [0.15, 0.2) is 0 Å². The van der Waals surface area contributed by atoms with E-state index in [-0.39, 0.29) is 12.2 Å². The maximum absolute atomic E-state index is 13.7. The van der Waals surface area contributed by atoms with Crippen LogP contribution in [0.4, 0.5) is 5.69 Å². The Hall–Kier alpha value is -4.65. The van der Waals surface area contributed by atoms with Gasteiger partial charge in [0.2, 0.25) is 16.1 Å². The molecule has 2 aromatic heterocycles. The fraction of sp³-hybridized carbons (Fsp3) is 0.179. The van der Waals surface area contributed by atoms with Gasteiger partial charge in [-0.3, -0.25) is 13.5 Å². The quantitative estimate of drug-likeness (QED) is 0.0724. The molecule has 3 aromatic carbocycles. The molecule has 6 rings (SSSR count). The summed E-state index contributed by atoms with van der Waals surface area (Å²) in [4.78, 5) is 17.1. The summed E-state index contributed by atoms with van der Waals surface area (Å²) >= 11 is 3.29. The first kappa shape index (κ1) is 36.6. The Kier molecular flexibility index (Phi) is 12.3. The molecule has 8 nitrogen and oxygen atoms in total. The third-order valence-electron chi connectivity index (χ3n) is 7.83. The van der Waals surface area contributed by atoms with Gasteiger partial charge in [-0.2, -0.15) is 4.57 Å². The zero-order chi connectivity index (χ0) is 35.7.